The molecule has 1 heterocycles. The number of carbonyl (C=O) groups excluding carboxylic acids is 1. The third kappa shape index (κ3) is 3.97. The Hall–Kier alpha value is -0.830. The number of nitrogens with zero attached hydrogens (tertiary/aromatic N) is 1. The smallest absolute Gasteiger partial charge is 0.248 e. The van der Waals surface area contributed by atoms with Crippen LogP contribution in [0.15, 0.2) is 11.6 Å². The average Bonchev–Trinajstić information content (AvgIpc) is 2.29. The Balaban J connectivity index is 2.41. The molecular weight excluding hydrogens is 200 g/mol. The molecule has 1 unspecified atom stereocenters. The molecule has 3 nitrogen and oxygen atoms in total. The standard InChI is InChI=1S/C13H24N2O/c1-4-7-11(2)13(16)15(3)10-12-8-5-6-9-14-12/h7,12,14H,4-6,8-10H2,1-3H3/b11-7-. The van der Waals surface area contributed by atoms with Gasteiger partial charge in [-0.05, 0) is 32.7 Å². The highest BCUT2D eigenvalue weighted by atomic mass is 16.2. The maximum absolute atomic E-state index is 11.9. The zero-order chi connectivity index (χ0) is 12.0. The van der Waals surface area contributed by atoms with Gasteiger partial charge in [-0.1, -0.05) is 19.4 Å². The second kappa shape index (κ2) is 6.69. The predicted octanol–water partition coefficient (Wildman–Crippen LogP) is 1.94. The van der Waals surface area contributed by atoms with E-state index in [9.17, 15) is 4.79 Å². The molecule has 92 valence electrons. The van der Waals surface area contributed by atoms with Crippen LogP contribution >= 0.6 is 0 Å². The third-order valence-electron chi connectivity index (χ3n) is 3.10. The van der Waals surface area contributed by atoms with E-state index in [1.807, 2.05) is 24.9 Å². The highest BCUT2D eigenvalue weighted by molar-refractivity contribution is 5.92. The normalized spacial score (nSPS) is 21.9. The Morgan fingerprint density at radius 1 is 1.50 bits per heavy atom. The van der Waals surface area contributed by atoms with E-state index < -0.39 is 0 Å². The molecular formula is C13H24N2O. The van der Waals surface area contributed by atoms with Crippen molar-refractivity contribution in [3.05, 3.63) is 11.6 Å². The van der Waals surface area contributed by atoms with Crippen LogP contribution < -0.4 is 5.32 Å². The first-order chi connectivity index (χ1) is 7.65. The van der Waals surface area contributed by atoms with Gasteiger partial charge in [0.1, 0.15) is 0 Å². The van der Waals surface area contributed by atoms with Crippen molar-refractivity contribution in [2.45, 2.75) is 45.6 Å². The molecule has 16 heavy (non-hydrogen) atoms. The SMILES string of the molecule is CC/C=C(/C)C(=O)N(C)CC1CCCCN1. The predicted molar refractivity (Wildman–Crippen MR) is 67.3 cm³/mol. The van der Waals surface area contributed by atoms with E-state index in [1.54, 1.807) is 0 Å². The number of piperidine rings is 1. The van der Waals surface area contributed by atoms with E-state index in [4.69, 9.17) is 0 Å². The van der Waals surface area contributed by atoms with Crippen molar-refractivity contribution in [1.82, 2.24) is 10.2 Å². The number of hydrogen-bond donors (Lipinski definition) is 1. The number of likely N-dealkylation sites (N-methyl/N-ethyl adjacent to an activating group) is 1. The Morgan fingerprint density at radius 2 is 2.25 bits per heavy atom. The van der Waals surface area contributed by atoms with Gasteiger partial charge in [-0.2, -0.15) is 0 Å². The summed E-state index contributed by atoms with van der Waals surface area (Å²) in [6.45, 7) is 5.88. The van der Waals surface area contributed by atoms with Crippen molar-refractivity contribution < 1.29 is 4.79 Å². The Labute approximate surface area is 98.9 Å². The van der Waals surface area contributed by atoms with Gasteiger partial charge in [0.25, 0.3) is 0 Å². The van der Waals surface area contributed by atoms with Gasteiger partial charge < -0.3 is 10.2 Å². The molecule has 0 saturated carbocycles. The van der Waals surface area contributed by atoms with Crippen LogP contribution in [0.3, 0.4) is 0 Å². The second-order valence-electron chi connectivity index (χ2n) is 4.63. The molecule has 1 fully saturated rings. The molecule has 0 aliphatic carbocycles. The summed E-state index contributed by atoms with van der Waals surface area (Å²) in [7, 11) is 1.89. The highest BCUT2D eigenvalue weighted by Gasteiger charge is 2.18. The molecule has 1 N–H and O–H groups in total. The molecule has 1 rings (SSSR count). The summed E-state index contributed by atoms with van der Waals surface area (Å²) >= 11 is 0. The fourth-order valence-electron chi connectivity index (χ4n) is 2.19. The molecule has 1 aliphatic rings. The number of amides is 1. The van der Waals surface area contributed by atoms with Crippen LogP contribution in [0.2, 0.25) is 0 Å². The lowest BCUT2D eigenvalue weighted by atomic mass is 10.0. The number of nitrogens with one attached hydrogen (secondary N) is 1. The highest BCUT2D eigenvalue weighted by Crippen LogP contribution is 2.09. The number of hydrogen-bond acceptors (Lipinski definition) is 2. The molecule has 0 aromatic heterocycles. The third-order valence-corrected chi connectivity index (χ3v) is 3.10. The molecule has 1 amide bonds. The minimum atomic E-state index is 0.161. The summed E-state index contributed by atoms with van der Waals surface area (Å²) in [6, 6.07) is 0.483. The maximum atomic E-state index is 11.9. The summed E-state index contributed by atoms with van der Waals surface area (Å²) in [5.74, 6) is 0.161. The van der Waals surface area contributed by atoms with Crippen molar-refractivity contribution in [3.63, 3.8) is 0 Å². The molecule has 0 aromatic carbocycles. The molecule has 0 radical (unpaired) electrons. The van der Waals surface area contributed by atoms with E-state index in [0.717, 1.165) is 25.1 Å². The van der Waals surface area contributed by atoms with Crippen LogP contribution in [0, 0.1) is 0 Å². The Morgan fingerprint density at radius 3 is 2.81 bits per heavy atom. The largest absolute Gasteiger partial charge is 0.340 e. The lowest BCUT2D eigenvalue weighted by molar-refractivity contribution is -0.126. The summed E-state index contributed by atoms with van der Waals surface area (Å²) in [5, 5.41) is 3.46. The van der Waals surface area contributed by atoms with Gasteiger partial charge in [0.05, 0.1) is 0 Å². The van der Waals surface area contributed by atoms with Gasteiger partial charge in [0, 0.05) is 25.2 Å². The summed E-state index contributed by atoms with van der Waals surface area (Å²) in [6.07, 6.45) is 6.65. The molecule has 1 aliphatic heterocycles. The van der Waals surface area contributed by atoms with Crippen molar-refractivity contribution in [2.75, 3.05) is 20.1 Å². The second-order valence-corrected chi connectivity index (χ2v) is 4.63. The van der Waals surface area contributed by atoms with E-state index >= 15 is 0 Å². The van der Waals surface area contributed by atoms with Gasteiger partial charge in [-0.3, -0.25) is 4.79 Å². The zero-order valence-corrected chi connectivity index (χ0v) is 10.8. The monoisotopic (exact) mass is 224 g/mol. The topological polar surface area (TPSA) is 32.3 Å². The maximum Gasteiger partial charge on any atom is 0.248 e. The molecule has 1 atom stereocenters. The van der Waals surface area contributed by atoms with Crippen molar-refractivity contribution >= 4 is 5.91 Å². The minimum absolute atomic E-state index is 0.161. The Bertz CT molecular complexity index is 255. The van der Waals surface area contributed by atoms with Gasteiger partial charge >= 0.3 is 0 Å². The fraction of sp³-hybridized carbons (Fsp3) is 0.769. The first kappa shape index (κ1) is 13.2. The average molecular weight is 224 g/mol. The van der Waals surface area contributed by atoms with Crippen molar-refractivity contribution in [3.8, 4) is 0 Å². The summed E-state index contributed by atoms with van der Waals surface area (Å²) < 4.78 is 0. The number of allylic oxidation sites excluding steroid dienone is 1. The van der Waals surface area contributed by atoms with Gasteiger partial charge in [0.15, 0.2) is 0 Å². The lowest BCUT2D eigenvalue weighted by Gasteiger charge is -2.28. The van der Waals surface area contributed by atoms with E-state index in [-0.39, 0.29) is 5.91 Å². The van der Waals surface area contributed by atoms with Crippen LogP contribution in [0.25, 0.3) is 0 Å². The summed E-state index contributed by atoms with van der Waals surface area (Å²) in [4.78, 5) is 13.8. The number of carbonyl (C=O) groups is 1. The zero-order valence-electron chi connectivity index (χ0n) is 10.8. The first-order valence-corrected chi connectivity index (χ1v) is 6.30. The molecule has 3 heteroatoms. The molecule has 0 spiro atoms. The minimum Gasteiger partial charge on any atom is -0.340 e. The number of rotatable bonds is 4. The van der Waals surface area contributed by atoms with Crippen LogP contribution in [-0.4, -0.2) is 37.0 Å². The van der Waals surface area contributed by atoms with Crippen LogP contribution in [0.1, 0.15) is 39.5 Å². The molecule has 0 bridgehead atoms. The first-order valence-electron chi connectivity index (χ1n) is 6.30. The van der Waals surface area contributed by atoms with Crippen molar-refractivity contribution in [1.29, 1.82) is 0 Å². The van der Waals surface area contributed by atoms with Gasteiger partial charge in [-0.15, -0.1) is 0 Å². The van der Waals surface area contributed by atoms with E-state index in [1.165, 1.54) is 19.3 Å². The molecule has 1 saturated heterocycles. The van der Waals surface area contributed by atoms with E-state index in [2.05, 4.69) is 12.2 Å². The van der Waals surface area contributed by atoms with Gasteiger partial charge in [-0.25, -0.2) is 0 Å². The summed E-state index contributed by atoms with van der Waals surface area (Å²) in [5.41, 5.74) is 0.862. The fourth-order valence-corrected chi connectivity index (χ4v) is 2.19. The van der Waals surface area contributed by atoms with Gasteiger partial charge in [0.2, 0.25) is 5.91 Å². The molecule has 0 aromatic rings. The lowest BCUT2D eigenvalue weighted by Crippen LogP contribution is -2.44. The van der Waals surface area contributed by atoms with Crippen LogP contribution in [0.4, 0.5) is 0 Å². The van der Waals surface area contributed by atoms with Crippen molar-refractivity contribution in [2.24, 2.45) is 0 Å². The van der Waals surface area contributed by atoms with Crippen LogP contribution in [-0.2, 0) is 4.79 Å². The quantitative estimate of drug-likeness (QED) is 0.740. The van der Waals surface area contributed by atoms with Crippen LogP contribution in [0.5, 0.6) is 0 Å². The Kier molecular flexibility index (Phi) is 5.53. The van der Waals surface area contributed by atoms with E-state index in [0.29, 0.717) is 6.04 Å².